The molecule has 0 radical (unpaired) electrons. The maximum absolute atomic E-state index is 12.5. The van der Waals surface area contributed by atoms with Crippen LogP contribution in [-0.2, 0) is 4.79 Å². The summed E-state index contributed by atoms with van der Waals surface area (Å²) in [4.78, 5) is 12.5. The number of nitrogens with one attached hydrogen (secondary N) is 1. The summed E-state index contributed by atoms with van der Waals surface area (Å²) in [5.41, 5.74) is 10.2. The summed E-state index contributed by atoms with van der Waals surface area (Å²) in [6.45, 7) is 5.87. The van der Waals surface area contributed by atoms with E-state index in [2.05, 4.69) is 15.5 Å². The standard InChI is InChI=1S/C17H19N5OS/c1-10-5-4-6-14(11(10)2)19-16(23)12(3)24-17-21-20-15-8-7-13(18)9-22(15)17/h4-9,12H,18H2,1-3H3,(H,19,23). The molecule has 6 nitrogen and oxygen atoms in total. The number of hydrogen-bond acceptors (Lipinski definition) is 5. The first kappa shape index (κ1) is 16.3. The molecule has 0 aliphatic rings. The number of nitrogen functional groups attached to an aromatic ring is 1. The summed E-state index contributed by atoms with van der Waals surface area (Å²) in [5.74, 6) is -0.0747. The first-order valence-electron chi connectivity index (χ1n) is 7.59. The lowest BCUT2D eigenvalue weighted by molar-refractivity contribution is -0.115. The molecule has 24 heavy (non-hydrogen) atoms. The summed E-state index contributed by atoms with van der Waals surface area (Å²) in [7, 11) is 0. The summed E-state index contributed by atoms with van der Waals surface area (Å²) < 4.78 is 1.79. The second-order valence-corrected chi connectivity index (χ2v) is 6.98. The maximum atomic E-state index is 12.5. The zero-order chi connectivity index (χ0) is 17.3. The molecular formula is C17H19N5OS. The third kappa shape index (κ3) is 3.21. The van der Waals surface area contributed by atoms with Crippen molar-refractivity contribution < 1.29 is 4.79 Å². The minimum Gasteiger partial charge on any atom is -0.398 e. The predicted octanol–water partition coefficient (Wildman–Crippen LogP) is 3.05. The van der Waals surface area contributed by atoms with E-state index in [-0.39, 0.29) is 11.2 Å². The lowest BCUT2D eigenvalue weighted by Gasteiger charge is -2.14. The van der Waals surface area contributed by atoms with Crippen molar-refractivity contribution >= 4 is 34.7 Å². The number of hydrogen-bond donors (Lipinski definition) is 2. The average molecular weight is 341 g/mol. The van der Waals surface area contributed by atoms with Crippen molar-refractivity contribution in [1.29, 1.82) is 0 Å². The van der Waals surface area contributed by atoms with Gasteiger partial charge in [0.05, 0.1) is 5.25 Å². The Morgan fingerprint density at radius 3 is 2.83 bits per heavy atom. The number of fused-ring (bicyclic) bond motifs is 1. The van der Waals surface area contributed by atoms with Gasteiger partial charge in [0, 0.05) is 17.6 Å². The number of aromatic nitrogens is 3. The van der Waals surface area contributed by atoms with Crippen LogP contribution in [0.2, 0.25) is 0 Å². The predicted molar refractivity (Wildman–Crippen MR) is 97.3 cm³/mol. The first-order valence-corrected chi connectivity index (χ1v) is 8.47. The van der Waals surface area contributed by atoms with E-state index in [0.717, 1.165) is 16.8 Å². The van der Waals surface area contributed by atoms with Crippen LogP contribution in [0, 0.1) is 13.8 Å². The van der Waals surface area contributed by atoms with E-state index < -0.39 is 0 Å². The van der Waals surface area contributed by atoms with Crippen LogP contribution in [0.15, 0.2) is 41.7 Å². The number of nitrogens with two attached hydrogens (primary N) is 1. The topological polar surface area (TPSA) is 85.3 Å². The smallest absolute Gasteiger partial charge is 0.237 e. The highest BCUT2D eigenvalue weighted by Crippen LogP contribution is 2.25. The van der Waals surface area contributed by atoms with E-state index in [1.54, 1.807) is 22.7 Å². The molecule has 3 rings (SSSR count). The van der Waals surface area contributed by atoms with Gasteiger partial charge in [0.1, 0.15) is 0 Å². The molecule has 1 atom stereocenters. The number of rotatable bonds is 4. The SMILES string of the molecule is Cc1cccc(NC(=O)C(C)Sc2nnc3ccc(N)cn23)c1C. The Kier molecular flexibility index (Phi) is 4.44. The molecule has 0 saturated heterocycles. The van der Waals surface area contributed by atoms with Crippen LogP contribution >= 0.6 is 11.8 Å². The van der Waals surface area contributed by atoms with E-state index in [4.69, 9.17) is 5.73 Å². The van der Waals surface area contributed by atoms with Crippen molar-refractivity contribution in [3.63, 3.8) is 0 Å². The molecular weight excluding hydrogens is 322 g/mol. The van der Waals surface area contributed by atoms with Crippen LogP contribution in [0.5, 0.6) is 0 Å². The number of carbonyl (C=O) groups excluding carboxylic acids is 1. The Balaban J connectivity index is 1.76. The molecule has 0 saturated carbocycles. The molecule has 0 aliphatic carbocycles. The molecule has 0 aliphatic heterocycles. The fraction of sp³-hybridized carbons (Fsp3) is 0.235. The highest BCUT2D eigenvalue weighted by molar-refractivity contribution is 8.00. The molecule has 1 aromatic carbocycles. The van der Waals surface area contributed by atoms with Gasteiger partial charge >= 0.3 is 0 Å². The highest BCUT2D eigenvalue weighted by Gasteiger charge is 2.19. The highest BCUT2D eigenvalue weighted by atomic mass is 32.2. The molecule has 1 amide bonds. The molecule has 124 valence electrons. The van der Waals surface area contributed by atoms with Gasteiger partial charge in [0.15, 0.2) is 10.8 Å². The number of thioether (sulfide) groups is 1. The van der Waals surface area contributed by atoms with Gasteiger partial charge in [-0.2, -0.15) is 0 Å². The minimum absolute atomic E-state index is 0.0747. The largest absolute Gasteiger partial charge is 0.398 e. The fourth-order valence-corrected chi connectivity index (χ4v) is 3.13. The van der Waals surface area contributed by atoms with Gasteiger partial charge in [0.25, 0.3) is 0 Å². The molecule has 0 fully saturated rings. The lowest BCUT2D eigenvalue weighted by atomic mass is 10.1. The Labute approximate surface area is 144 Å². The van der Waals surface area contributed by atoms with Crippen molar-refractivity contribution in [1.82, 2.24) is 14.6 Å². The molecule has 3 N–H and O–H groups in total. The molecule has 2 aromatic heterocycles. The van der Waals surface area contributed by atoms with Crippen molar-refractivity contribution in [3.8, 4) is 0 Å². The molecule has 2 heterocycles. The Bertz CT molecular complexity index is 905. The van der Waals surface area contributed by atoms with Crippen LogP contribution in [0.3, 0.4) is 0 Å². The molecule has 1 unspecified atom stereocenters. The summed E-state index contributed by atoms with van der Waals surface area (Å²) in [6, 6.07) is 9.44. The zero-order valence-electron chi connectivity index (χ0n) is 13.8. The number of aryl methyl sites for hydroxylation is 1. The number of benzene rings is 1. The van der Waals surface area contributed by atoms with Gasteiger partial charge in [-0.25, -0.2) is 0 Å². The Hall–Kier alpha value is -2.54. The molecule has 7 heteroatoms. The van der Waals surface area contributed by atoms with Gasteiger partial charge in [0.2, 0.25) is 5.91 Å². The number of amides is 1. The minimum atomic E-state index is -0.321. The molecule has 0 spiro atoms. The number of carbonyl (C=O) groups is 1. The second kappa shape index (κ2) is 6.52. The third-order valence-electron chi connectivity index (χ3n) is 3.91. The second-order valence-electron chi connectivity index (χ2n) is 5.67. The Morgan fingerprint density at radius 2 is 2.04 bits per heavy atom. The van der Waals surface area contributed by atoms with E-state index in [1.807, 2.05) is 39.0 Å². The van der Waals surface area contributed by atoms with Crippen LogP contribution in [0.4, 0.5) is 11.4 Å². The van der Waals surface area contributed by atoms with Gasteiger partial charge in [-0.3, -0.25) is 9.20 Å². The average Bonchev–Trinajstić information content (AvgIpc) is 2.94. The third-order valence-corrected chi connectivity index (χ3v) is 4.96. The number of anilines is 2. The van der Waals surface area contributed by atoms with Gasteiger partial charge in [-0.1, -0.05) is 23.9 Å². The molecule has 0 bridgehead atoms. The monoisotopic (exact) mass is 341 g/mol. The van der Waals surface area contributed by atoms with E-state index in [0.29, 0.717) is 16.5 Å². The van der Waals surface area contributed by atoms with E-state index >= 15 is 0 Å². The van der Waals surface area contributed by atoms with Crippen molar-refractivity contribution in [2.75, 3.05) is 11.1 Å². The van der Waals surface area contributed by atoms with Crippen molar-refractivity contribution in [3.05, 3.63) is 47.7 Å². The van der Waals surface area contributed by atoms with Crippen molar-refractivity contribution in [2.24, 2.45) is 0 Å². The lowest BCUT2D eigenvalue weighted by Crippen LogP contribution is -2.23. The summed E-state index contributed by atoms with van der Waals surface area (Å²) in [5, 5.41) is 11.5. The normalized spacial score (nSPS) is 12.3. The van der Waals surface area contributed by atoms with Crippen LogP contribution < -0.4 is 11.1 Å². The molecule has 3 aromatic rings. The summed E-state index contributed by atoms with van der Waals surface area (Å²) >= 11 is 1.35. The van der Waals surface area contributed by atoms with E-state index in [9.17, 15) is 4.79 Å². The van der Waals surface area contributed by atoms with Gasteiger partial charge in [-0.15, -0.1) is 10.2 Å². The quantitative estimate of drug-likeness (QED) is 0.712. The van der Waals surface area contributed by atoms with E-state index in [1.165, 1.54) is 11.8 Å². The van der Waals surface area contributed by atoms with Gasteiger partial charge < -0.3 is 11.1 Å². The number of pyridine rings is 1. The van der Waals surface area contributed by atoms with Crippen molar-refractivity contribution in [2.45, 2.75) is 31.2 Å². The number of nitrogens with zero attached hydrogens (tertiary/aromatic N) is 3. The van der Waals surface area contributed by atoms with Crippen LogP contribution in [0.1, 0.15) is 18.1 Å². The van der Waals surface area contributed by atoms with Crippen LogP contribution in [-0.4, -0.2) is 25.8 Å². The van der Waals surface area contributed by atoms with Gasteiger partial charge in [-0.05, 0) is 50.1 Å². The maximum Gasteiger partial charge on any atom is 0.237 e. The fourth-order valence-electron chi connectivity index (χ4n) is 2.30. The first-order chi connectivity index (χ1) is 11.5. The Morgan fingerprint density at radius 1 is 1.25 bits per heavy atom. The van der Waals surface area contributed by atoms with Crippen LogP contribution in [0.25, 0.3) is 5.65 Å². The summed E-state index contributed by atoms with van der Waals surface area (Å²) in [6.07, 6.45) is 1.76. The zero-order valence-corrected chi connectivity index (χ0v) is 14.6.